The Hall–Kier alpha value is -3.80. The molecule has 1 aliphatic rings. The van der Waals surface area contributed by atoms with Crippen LogP contribution in [0.25, 0.3) is 17.2 Å². The molecule has 3 heterocycles. The van der Waals surface area contributed by atoms with Gasteiger partial charge in [-0.2, -0.15) is 0 Å². The number of ether oxygens (including phenoxy) is 1. The molecule has 6 N–H and O–H groups in total. The molecule has 1 unspecified atom stereocenters. The first-order valence-corrected chi connectivity index (χ1v) is 10.8. The summed E-state index contributed by atoms with van der Waals surface area (Å²) in [6, 6.07) is 7.74. The summed E-state index contributed by atoms with van der Waals surface area (Å²) in [6.45, 7) is 3.21. The van der Waals surface area contributed by atoms with Gasteiger partial charge >= 0.3 is 0 Å². The number of nitrogens with two attached hydrogens (primary N) is 1. The van der Waals surface area contributed by atoms with Crippen molar-refractivity contribution in [2.45, 2.75) is 26.0 Å². The van der Waals surface area contributed by atoms with E-state index in [4.69, 9.17) is 15.6 Å². The molecular formula is C24H28FN5O5. The zero-order chi connectivity index (χ0) is 25.8. The molecule has 0 aliphatic carbocycles. The van der Waals surface area contributed by atoms with Gasteiger partial charge in [0.05, 0.1) is 30.6 Å². The number of amides is 1. The number of hydrogen-bond donors (Lipinski definition) is 5. The Labute approximate surface area is 200 Å². The Bertz CT molecular complexity index is 1320. The molecule has 186 valence electrons. The van der Waals surface area contributed by atoms with Crippen LogP contribution in [0.1, 0.15) is 23.6 Å². The highest BCUT2D eigenvalue weighted by Gasteiger charge is 2.38. The summed E-state index contributed by atoms with van der Waals surface area (Å²) in [5, 5.41) is 23.3. The second kappa shape index (κ2) is 10.6. The molecule has 1 aliphatic heterocycles. The first kappa shape index (κ1) is 25.8. The van der Waals surface area contributed by atoms with Crippen LogP contribution in [-0.4, -0.2) is 51.7 Å². The van der Waals surface area contributed by atoms with Gasteiger partial charge in [-0.15, -0.1) is 0 Å². The highest BCUT2D eigenvalue weighted by Crippen LogP contribution is 2.27. The summed E-state index contributed by atoms with van der Waals surface area (Å²) in [5.41, 5.74) is 6.24. The van der Waals surface area contributed by atoms with Crippen molar-refractivity contribution in [2.24, 2.45) is 5.73 Å². The largest absolute Gasteiger partial charge is 0.505 e. The lowest BCUT2D eigenvalue weighted by Gasteiger charge is -2.20. The van der Waals surface area contributed by atoms with E-state index in [9.17, 15) is 19.1 Å². The predicted octanol–water partition coefficient (Wildman–Crippen LogP) is 0.916. The van der Waals surface area contributed by atoms with Gasteiger partial charge in [0.2, 0.25) is 5.76 Å². The summed E-state index contributed by atoms with van der Waals surface area (Å²) >= 11 is 0. The van der Waals surface area contributed by atoms with Crippen LogP contribution in [0.2, 0.25) is 0 Å². The number of pyridine rings is 2. The first-order chi connectivity index (χ1) is 16.6. The zero-order valence-electron chi connectivity index (χ0n) is 19.6. The first-order valence-electron chi connectivity index (χ1n) is 10.8. The molecule has 1 atom stereocenters. The fraction of sp³-hybridized carbons (Fsp3) is 0.292. The third-order valence-electron chi connectivity index (χ3n) is 5.36. The number of carbonyl (C=O) groups excluding carboxylic acids is 1. The maximum atomic E-state index is 13.2. The minimum atomic E-state index is -1.07. The number of benzene rings is 1. The highest BCUT2D eigenvalue weighted by molar-refractivity contribution is 5.97. The number of carbonyl (C=O) groups is 1. The van der Waals surface area contributed by atoms with E-state index in [0.29, 0.717) is 11.9 Å². The minimum Gasteiger partial charge on any atom is -0.505 e. The summed E-state index contributed by atoms with van der Waals surface area (Å²) in [6.07, 6.45) is 3.29. The van der Waals surface area contributed by atoms with E-state index in [2.05, 4.69) is 15.6 Å². The number of nitrogens with zero attached hydrogens (tertiary/aromatic N) is 2. The van der Waals surface area contributed by atoms with E-state index < -0.39 is 17.2 Å². The average Bonchev–Trinajstić information content (AvgIpc) is 3.15. The molecule has 1 fully saturated rings. The van der Waals surface area contributed by atoms with Gasteiger partial charge in [-0.05, 0) is 56.6 Å². The summed E-state index contributed by atoms with van der Waals surface area (Å²) in [7, 11) is 1.68. The smallest absolute Gasteiger partial charge is 0.291 e. The molecule has 0 saturated carbocycles. The van der Waals surface area contributed by atoms with Gasteiger partial charge in [0, 0.05) is 6.20 Å². The van der Waals surface area contributed by atoms with E-state index in [1.807, 2.05) is 0 Å². The molecular weight excluding hydrogens is 457 g/mol. The van der Waals surface area contributed by atoms with Crippen LogP contribution in [0.3, 0.4) is 0 Å². The van der Waals surface area contributed by atoms with Crippen LogP contribution >= 0.6 is 0 Å². The zero-order valence-corrected chi connectivity index (χ0v) is 19.6. The lowest BCUT2D eigenvalue weighted by atomic mass is 10.1. The van der Waals surface area contributed by atoms with Crippen LogP contribution in [0.15, 0.2) is 47.1 Å². The van der Waals surface area contributed by atoms with Crippen LogP contribution in [0.4, 0.5) is 4.39 Å². The maximum Gasteiger partial charge on any atom is 0.291 e. The fourth-order valence-corrected chi connectivity index (χ4v) is 3.40. The Morgan fingerprint density at radius 3 is 2.51 bits per heavy atom. The van der Waals surface area contributed by atoms with E-state index >= 15 is 0 Å². The molecule has 0 spiro atoms. The van der Waals surface area contributed by atoms with Crippen molar-refractivity contribution in [3.63, 3.8) is 0 Å². The number of rotatable bonds is 5. The molecule has 35 heavy (non-hydrogen) atoms. The number of halogens is 1. The van der Waals surface area contributed by atoms with Crippen LogP contribution in [0.5, 0.6) is 5.75 Å². The van der Waals surface area contributed by atoms with Gasteiger partial charge in [0.1, 0.15) is 11.3 Å². The topological polar surface area (TPSA) is 152 Å². The Kier molecular flexibility index (Phi) is 7.85. The molecule has 1 aromatic carbocycles. The Morgan fingerprint density at radius 2 is 1.94 bits per heavy atom. The van der Waals surface area contributed by atoms with Gasteiger partial charge in [0.15, 0.2) is 11.5 Å². The third kappa shape index (κ3) is 5.65. The van der Waals surface area contributed by atoms with E-state index in [1.165, 1.54) is 29.8 Å². The van der Waals surface area contributed by atoms with Gasteiger partial charge in [-0.1, -0.05) is 12.1 Å². The molecule has 0 radical (unpaired) electrons. The lowest BCUT2D eigenvalue weighted by molar-refractivity contribution is -0.117. The second-order valence-corrected chi connectivity index (χ2v) is 8.16. The van der Waals surface area contributed by atoms with Gasteiger partial charge < -0.3 is 26.0 Å². The molecule has 11 heteroatoms. The van der Waals surface area contributed by atoms with Crippen molar-refractivity contribution >= 4 is 23.1 Å². The third-order valence-corrected chi connectivity index (χ3v) is 5.36. The highest BCUT2D eigenvalue weighted by atomic mass is 19.1. The summed E-state index contributed by atoms with van der Waals surface area (Å²) < 4.78 is 20.0. The molecule has 1 saturated heterocycles. The molecule has 2 aromatic heterocycles. The number of aliphatic hydroxyl groups is 1. The van der Waals surface area contributed by atoms with E-state index in [1.54, 1.807) is 38.4 Å². The Morgan fingerprint density at radius 1 is 1.29 bits per heavy atom. The standard InChI is InChI=1S/C22H21FN4O4.C2H7NO/c1-12-19(28)18-16(8-14(9-25-18)7-13-3-5-15(23)6-4-13)27(21(12)30)10-17-20(29)26-22(2,11-24)31-17;1-3-2-4/h3-6,8-10,28H,7,11,24H2,1-2H3,(H,26,29);3-4H,2H2,1H3/b17-10-;. The summed E-state index contributed by atoms with van der Waals surface area (Å²) in [4.78, 5) is 29.6. The fourth-order valence-electron chi connectivity index (χ4n) is 3.40. The van der Waals surface area contributed by atoms with Crippen molar-refractivity contribution in [3.8, 4) is 5.75 Å². The van der Waals surface area contributed by atoms with Gasteiger partial charge in [-0.25, -0.2) is 4.39 Å². The average molecular weight is 486 g/mol. The van der Waals surface area contributed by atoms with Gasteiger partial charge in [-0.3, -0.25) is 24.5 Å². The van der Waals surface area contributed by atoms with Crippen molar-refractivity contribution in [1.82, 2.24) is 20.2 Å². The van der Waals surface area contributed by atoms with Crippen LogP contribution in [0, 0.1) is 12.7 Å². The number of fused-ring (bicyclic) bond motifs is 1. The number of aliphatic hydroxyl groups excluding tert-OH is 1. The van der Waals surface area contributed by atoms with Gasteiger partial charge in [0.25, 0.3) is 11.5 Å². The quantitative estimate of drug-likeness (QED) is 0.264. The SMILES string of the molecule is CNCO.Cc1c(O)c2ncc(Cc3ccc(F)cc3)cc2n(/C=C2\OC(C)(CN)NC2=O)c1=O. The Balaban J connectivity index is 0.000000795. The molecule has 3 aromatic rings. The lowest BCUT2D eigenvalue weighted by Crippen LogP contribution is -2.46. The van der Waals surface area contributed by atoms with Crippen molar-refractivity contribution in [1.29, 1.82) is 0 Å². The molecule has 1 amide bonds. The summed E-state index contributed by atoms with van der Waals surface area (Å²) in [5.74, 6) is -1.15. The normalized spacial score (nSPS) is 18.2. The van der Waals surface area contributed by atoms with Crippen molar-refractivity contribution in [2.75, 3.05) is 20.3 Å². The number of aromatic hydroxyl groups is 1. The number of hydrogen-bond acceptors (Lipinski definition) is 8. The molecule has 10 nitrogen and oxygen atoms in total. The van der Waals surface area contributed by atoms with E-state index in [-0.39, 0.29) is 41.7 Å². The predicted molar refractivity (Wildman–Crippen MR) is 129 cm³/mol. The van der Waals surface area contributed by atoms with Crippen LogP contribution < -0.4 is 21.9 Å². The van der Waals surface area contributed by atoms with E-state index in [0.717, 1.165) is 11.1 Å². The second-order valence-electron chi connectivity index (χ2n) is 8.16. The van der Waals surface area contributed by atoms with Crippen LogP contribution in [-0.2, 0) is 16.0 Å². The maximum absolute atomic E-state index is 13.2. The van der Waals surface area contributed by atoms with Crippen molar-refractivity contribution in [3.05, 3.63) is 75.1 Å². The molecule has 0 bridgehead atoms. The number of aromatic nitrogens is 2. The minimum absolute atomic E-state index is 0.0453. The monoisotopic (exact) mass is 485 g/mol. The molecule has 4 rings (SSSR count). The van der Waals surface area contributed by atoms with Crippen molar-refractivity contribution < 1.29 is 24.1 Å². The number of nitrogens with one attached hydrogen (secondary N) is 2.